The Bertz CT molecular complexity index is 1090. The summed E-state index contributed by atoms with van der Waals surface area (Å²) in [6.45, 7) is 4.16. The van der Waals surface area contributed by atoms with E-state index in [9.17, 15) is 9.59 Å². The van der Waals surface area contributed by atoms with Crippen molar-refractivity contribution in [2.24, 2.45) is 13.0 Å². The molecule has 0 aromatic carbocycles. The van der Waals surface area contributed by atoms with Crippen LogP contribution in [0.5, 0.6) is 0 Å². The van der Waals surface area contributed by atoms with Gasteiger partial charge in [0.1, 0.15) is 5.50 Å². The lowest BCUT2D eigenvalue weighted by molar-refractivity contribution is 0.220. The van der Waals surface area contributed by atoms with Gasteiger partial charge in [-0.2, -0.15) is 0 Å². The third-order valence-electron chi connectivity index (χ3n) is 7.84. The first kappa shape index (κ1) is 22.7. The van der Waals surface area contributed by atoms with Crippen LogP contribution in [0, 0.1) is 12.8 Å². The van der Waals surface area contributed by atoms with Crippen LogP contribution in [0.15, 0.2) is 23.1 Å². The second-order valence-electron chi connectivity index (χ2n) is 10.2. The van der Waals surface area contributed by atoms with Crippen molar-refractivity contribution in [3.05, 3.63) is 39.9 Å². The molecule has 0 radical (unpaired) electrons. The number of aromatic nitrogens is 2. The molecule has 7 nitrogen and oxygen atoms in total. The summed E-state index contributed by atoms with van der Waals surface area (Å²) in [5.74, 6) is 0.514. The highest BCUT2D eigenvalue weighted by atomic mass is 32.2. The molecule has 3 aliphatic rings. The predicted octanol–water partition coefficient (Wildman–Crippen LogP) is 3.74. The first-order chi connectivity index (χ1) is 15.9. The molecule has 33 heavy (non-hydrogen) atoms. The summed E-state index contributed by atoms with van der Waals surface area (Å²) in [4.78, 5) is 30.5. The van der Waals surface area contributed by atoms with Crippen molar-refractivity contribution in [3.8, 4) is 0 Å². The fraction of sp³-hybridized carbons (Fsp3) is 0.640. The van der Waals surface area contributed by atoms with Gasteiger partial charge in [0.15, 0.2) is 0 Å². The second kappa shape index (κ2) is 9.29. The Balaban J connectivity index is 1.27. The number of hydrogen-bond acceptors (Lipinski definition) is 5. The minimum atomic E-state index is -0.108. The van der Waals surface area contributed by atoms with Gasteiger partial charge >= 0.3 is 6.03 Å². The van der Waals surface area contributed by atoms with E-state index in [1.807, 2.05) is 44.1 Å². The second-order valence-corrected chi connectivity index (χ2v) is 11.5. The summed E-state index contributed by atoms with van der Waals surface area (Å²) >= 11 is 1.86. The van der Waals surface area contributed by atoms with Crippen molar-refractivity contribution >= 4 is 28.7 Å². The van der Waals surface area contributed by atoms with Crippen molar-refractivity contribution in [2.75, 3.05) is 0 Å². The third-order valence-corrected chi connectivity index (χ3v) is 9.28. The van der Waals surface area contributed by atoms with E-state index < -0.39 is 0 Å². The molecule has 6 atom stereocenters. The van der Waals surface area contributed by atoms with Crippen LogP contribution in [0.1, 0.15) is 69.0 Å². The first-order valence-electron chi connectivity index (χ1n) is 12.3. The Labute approximate surface area is 199 Å². The maximum Gasteiger partial charge on any atom is 0.316 e. The van der Waals surface area contributed by atoms with Crippen LogP contribution in [-0.4, -0.2) is 38.4 Å². The maximum absolute atomic E-state index is 13.3. The number of nitrogens with zero attached hydrogens (tertiary/aromatic N) is 2. The molecule has 2 aromatic heterocycles. The largest absolute Gasteiger partial charge is 0.335 e. The SMILES string of the molecule is Cc1cc2c(cn1)cc(C1CC(NC(=O)NC3NC4CCCCC4S3)CCC1C)c(=O)n2C. The Morgan fingerprint density at radius 2 is 2.00 bits per heavy atom. The van der Waals surface area contributed by atoms with E-state index in [-0.39, 0.29) is 29.0 Å². The van der Waals surface area contributed by atoms with Gasteiger partial charge in [-0.1, -0.05) is 19.8 Å². The highest BCUT2D eigenvalue weighted by Crippen LogP contribution is 2.38. The van der Waals surface area contributed by atoms with Crippen molar-refractivity contribution in [1.29, 1.82) is 0 Å². The van der Waals surface area contributed by atoms with Gasteiger partial charge in [-0.15, -0.1) is 11.8 Å². The van der Waals surface area contributed by atoms with E-state index >= 15 is 0 Å². The number of aryl methyl sites for hydroxylation is 2. The molecule has 3 fully saturated rings. The zero-order valence-corrected chi connectivity index (χ0v) is 20.6. The minimum absolute atomic E-state index is 0.0138. The molecule has 3 N–H and O–H groups in total. The normalized spacial score (nSPS) is 31.8. The zero-order valence-electron chi connectivity index (χ0n) is 19.8. The molecular formula is C25H35N5O2S. The van der Waals surface area contributed by atoms with E-state index in [0.717, 1.165) is 41.4 Å². The summed E-state index contributed by atoms with van der Waals surface area (Å²) in [6.07, 6.45) is 9.58. The van der Waals surface area contributed by atoms with E-state index in [4.69, 9.17) is 0 Å². The highest BCUT2D eigenvalue weighted by Gasteiger charge is 2.37. The van der Waals surface area contributed by atoms with Crippen molar-refractivity contribution in [3.63, 3.8) is 0 Å². The number of carbonyl (C=O) groups excluding carboxylic acids is 1. The van der Waals surface area contributed by atoms with Crippen LogP contribution in [0.25, 0.3) is 10.9 Å². The molecule has 2 saturated carbocycles. The lowest BCUT2D eigenvalue weighted by Crippen LogP contribution is -2.51. The van der Waals surface area contributed by atoms with Crippen LogP contribution in [0.3, 0.4) is 0 Å². The predicted molar refractivity (Wildman–Crippen MR) is 133 cm³/mol. The van der Waals surface area contributed by atoms with E-state index in [2.05, 4.69) is 27.9 Å². The maximum atomic E-state index is 13.3. The molecule has 5 rings (SSSR count). The Morgan fingerprint density at radius 1 is 1.18 bits per heavy atom. The molecule has 2 amide bonds. The summed E-state index contributed by atoms with van der Waals surface area (Å²) in [5, 5.41) is 11.5. The molecule has 178 valence electrons. The topological polar surface area (TPSA) is 88.1 Å². The monoisotopic (exact) mass is 469 g/mol. The summed E-state index contributed by atoms with van der Waals surface area (Å²) < 4.78 is 1.75. The number of carbonyl (C=O) groups is 1. The summed E-state index contributed by atoms with van der Waals surface area (Å²) in [6, 6.07) is 4.47. The third kappa shape index (κ3) is 4.64. The molecule has 1 saturated heterocycles. The minimum Gasteiger partial charge on any atom is -0.335 e. The number of rotatable bonds is 3. The van der Waals surface area contributed by atoms with E-state index in [1.54, 1.807) is 4.57 Å². The summed E-state index contributed by atoms with van der Waals surface area (Å²) in [7, 11) is 1.84. The standard InChI is InChI=1S/C25H35N5O2S/c1-14-8-9-17(27-24(32)29-25-28-20-6-4-5-7-22(20)33-25)12-18(14)19-11-16-13-26-15(2)10-21(16)30(3)23(19)31/h10-11,13-14,17-18,20,22,25,28H,4-9,12H2,1-3H3,(H2,27,29,32). The quantitative estimate of drug-likeness (QED) is 0.637. The highest BCUT2D eigenvalue weighted by molar-refractivity contribution is 8.00. The summed E-state index contributed by atoms with van der Waals surface area (Å²) in [5.41, 5.74) is 2.70. The molecule has 2 aromatic rings. The number of pyridine rings is 2. The van der Waals surface area contributed by atoms with Crippen molar-refractivity contribution < 1.29 is 4.79 Å². The van der Waals surface area contributed by atoms with E-state index in [1.165, 1.54) is 25.7 Å². The number of thioether (sulfide) groups is 1. The Kier molecular flexibility index (Phi) is 6.40. The molecule has 3 heterocycles. The fourth-order valence-corrected chi connectivity index (χ4v) is 7.41. The molecule has 6 unspecified atom stereocenters. The fourth-order valence-electron chi connectivity index (χ4n) is 5.92. The van der Waals surface area contributed by atoms with Crippen LogP contribution < -0.4 is 21.5 Å². The van der Waals surface area contributed by atoms with Crippen molar-refractivity contribution in [2.45, 2.75) is 87.5 Å². The average molecular weight is 470 g/mol. The molecule has 0 bridgehead atoms. The lowest BCUT2D eigenvalue weighted by Gasteiger charge is -2.35. The number of amides is 2. The van der Waals surface area contributed by atoms with Crippen LogP contribution in [-0.2, 0) is 7.05 Å². The van der Waals surface area contributed by atoms with Gasteiger partial charge in [0.2, 0.25) is 0 Å². The Morgan fingerprint density at radius 3 is 2.82 bits per heavy atom. The molecular weight excluding hydrogens is 434 g/mol. The van der Waals surface area contributed by atoms with Crippen LogP contribution in [0.2, 0.25) is 0 Å². The average Bonchev–Trinajstić information content (AvgIpc) is 3.20. The van der Waals surface area contributed by atoms with Crippen LogP contribution >= 0.6 is 11.8 Å². The van der Waals surface area contributed by atoms with Gasteiger partial charge in [-0.05, 0) is 63.0 Å². The van der Waals surface area contributed by atoms with Crippen LogP contribution in [0.4, 0.5) is 4.79 Å². The van der Waals surface area contributed by atoms with Gasteiger partial charge in [0, 0.05) is 47.2 Å². The number of urea groups is 1. The van der Waals surface area contributed by atoms with Gasteiger partial charge < -0.3 is 15.2 Å². The molecule has 2 aliphatic carbocycles. The van der Waals surface area contributed by atoms with Crippen molar-refractivity contribution in [1.82, 2.24) is 25.5 Å². The number of hydrogen-bond donors (Lipinski definition) is 3. The lowest BCUT2D eigenvalue weighted by atomic mass is 9.74. The first-order valence-corrected chi connectivity index (χ1v) is 13.3. The van der Waals surface area contributed by atoms with Gasteiger partial charge in [-0.3, -0.25) is 15.1 Å². The number of nitrogens with one attached hydrogen (secondary N) is 3. The van der Waals surface area contributed by atoms with Gasteiger partial charge in [0.25, 0.3) is 5.56 Å². The Hall–Kier alpha value is -2.06. The number of fused-ring (bicyclic) bond motifs is 2. The zero-order chi connectivity index (χ0) is 23.1. The smallest absolute Gasteiger partial charge is 0.316 e. The van der Waals surface area contributed by atoms with Gasteiger partial charge in [0.05, 0.1) is 5.52 Å². The molecule has 0 spiro atoms. The van der Waals surface area contributed by atoms with Gasteiger partial charge in [-0.25, -0.2) is 4.79 Å². The molecule has 8 heteroatoms. The molecule has 1 aliphatic heterocycles. The van der Waals surface area contributed by atoms with E-state index in [0.29, 0.717) is 17.2 Å².